The third-order valence-corrected chi connectivity index (χ3v) is 3.50. The molecule has 0 fully saturated rings. The first-order valence-corrected chi connectivity index (χ1v) is 6.47. The van der Waals surface area contributed by atoms with Gasteiger partial charge in [-0.3, -0.25) is 9.59 Å². The summed E-state index contributed by atoms with van der Waals surface area (Å²) in [5, 5.41) is 21.5. The maximum atomic E-state index is 12.2. The van der Waals surface area contributed by atoms with Gasteiger partial charge in [0.05, 0.1) is 17.5 Å². The molecule has 1 aliphatic rings. The summed E-state index contributed by atoms with van der Waals surface area (Å²) in [6, 6.07) is 4.92. The molecule has 0 saturated carbocycles. The molecule has 5 heteroatoms. The predicted molar refractivity (Wildman–Crippen MR) is 74.5 cm³/mol. The number of hydrogen-bond donors (Lipinski definition) is 3. The van der Waals surface area contributed by atoms with E-state index in [4.69, 9.17) is 5.11 Å². The molecule has 2 atom stereocenters. The minimum atomic E-state index is -0.970. The van der Waals surface area contributed by atoms with Crippen molar-refractivity contribution in [3.63, 3.8) is 0 Å². The SMILES string of the molecule is Cc1ccc(NC(=O)[C@@H]2CC=CC[C@@H]2C(=O)O)c(O)c1. The van der Waals surface area contributed by atoms with Crippen molar-refractivity contribution in [2.45, 2.75) is 19.8 Å². The number of amides is 1. The Labute approximate surface area is 116 Å². The Hall–Kier alpha value is -2.30. The third-order valence-electron chi connectivity index (χ3n) is 3.50. The Morgan fingerprint density at radius 1 is 1.20 bits per heavy atom. The summed E-state index contributed by atoms with van der Waals surface area (Å²) < 4.78 is 0. The number of anilines is 1. The number of carbonyl (C=O) groups is 2. The molecule has 1 amide bonds. The summed E-state index contributed by atoms with van der Waals surface area (Å²) in [4.78, 5) is 23.4. The van der Waals surface area contributed by atoms with Crippen LogP contribution >= 0.6 is 0 Å². The Morgan fingerprint density at radius 3 is 2.45 bits per heavy atom. The van der Waals surface area contributed by atoms with Gasteiger partial charge in [-0.1, -0.05) is 18.2 Å². The van der Waals surface area contributed by atoms with Crippen molar-refractivity contribution >= 4 is 17.6 Å². The minimum absolute atomic E-state index is 0.0171. The van der Waals surface area contributed by atoms with Crippen LogP contribution < -0.4 is 5.32 Å². The van der Waals surface area contributed by atoms with Crippen LogP contribution in [0.2, 0.25) is 0 Å². The van der Waals surface area contributed by atoms with Crippen molar-refractivity contribution in [2.75, 3.05) is 5.32 Å². The average Bonchev–Trinajstić information content (AvgIpc) is 2.41. The number of nitrogens with one attached hydrogen (secondary N) is 1. The summed E-state index contributed by atoms with van der Waals surface area (Å²) in [6.07, 6.45) is 4.35. The molecule has 0 aromatic heterocycles. The van der Waals surface area contributed by atoms with Crippen LogP contribution in [0.1, 0.15) is 18.4 Å². The van der Waals surface area contributed by atoms with Crippen molar-refractivity contribution in [3.05, 3.63) is 35.9 Å². The second kappa shape index (κ2) is 5.77. The van der Waals surface area contributed by atoms with Gasteiger partial charge in [0.2, 0.25) is 5.91 Å². The van der Waals surface area contributed by atoms with Gasteiger partial charge in [0.15, 0.2) is 0 Å². The fourth-order valence-corrected chi connectivity index (χ4v) is 2.35. The van der Waals surface area contributed by atoms with Gasteiger partial charge in [-0.2, -0.15) is 0 Å². The molecule has 1 aliphatic carbocycles. The maximum Gasteiger partial charge on any atom is 0.307 e. The maximum absolute atomic E-state index is 12.2. The lowest BCUT2D eigenvalue weighted by atomic mass is 9.82. The molecule has 0 aliphatic heterocycles. The molecule has 0 bridgehead atoms. The number of carbonyl (C=O) groups excluding carboxylic acids is 1. The zero-order valence-electron chi connectivity index (χ0n) is 11.2. The second-order valence-electron chi connectivity index (χ2n) is 5.00. The summed E-state index contributed by atoms with van der Waals surface area (Å²) in [5.41, 5.74) is 1.18. The molecular formula is C15H17NO4. The topological polar surface area (TPSA) is 86.6 Å². The Kier molecular flexibility index (Phi) is 4.08. The van der Waals surface area contributed by atoms with Crippen LogP contribution in [0.3, 0.4) is 0 Å². The van der Waals surface area contributed by atoms with Crippen LogP contribution in [-0.2, 0) is 9.59 Å². The molecule has 0 saturated heterocycles. The summed E-state index contributed by atoms with van der Waals surface area (Å²) in [7, 11) is 0. The van der Waals surface area contributed by atoms with E-state index < -0.39 is 17.8 Å². The van der Waals surface area contributed by atoms with Gasteiger partial charge in [-0.05, 0) is 37.5 Å². The van der Waals surface area contributed by atoms with Gasteiger partial charge in [0.25, 0.3) is 0 Å². The average molecular weight is 275 g/mol. The van der Waals surface area contributed by atoms with Gasteiger partial charge >= 0.3 is 5.97 Å². The Morgan fingerprint density at radius 2 is 1.85 bits per heavy atom. The molecule has 0 spiro atoms. The molecule has 1 aromatic rings. The number of hydrogen-bond acceptors (Lipinski definition) is 3. The number of phenolic OH excluding ortho intramolecular Hbond substituents is 1. The van der Waals surface area contributed by atoms with Gasteiger partial charge < -0.3 is 15.5 Å². The number of benzene rings is 1. The van der Waals surface area contributed by atoms with Crippen molar-refractivity contribution < 1.29 is 19.8 Å². The lowest BCUT2D eigenvalue weighted by Crippen LogP contribution is -2.34. The standard InChI is InChI=1S/C15H17NO4/c1-9-6-7-12(13(17)8-9)16-14(18)10-4-2-3-5-11(10)15(19)20/h2-3,6-8,10-11,17H,4-5H2,1H3,(H,16,18)(H,19,20)/t10-,11+/m1/s1. The lowest BCUT2D eigenvalue weighted by molar-refractivity contribution is -0.146. The molecule has 0 unspecified atom stereocenters. The van der Waals surface area contributed by atoms with Crippen molar-refractivity contribution in [1.29, 1.82) is 0 Å². The van der Waals surface area contributed by atoms with E-state index in [1.165, 1.54) is 0 Å². The van der Waals surface area contributed by atoms with Gasteiger partial charge in [-0.15, -0.1) is 0 Å². The van der Waals surface area contributed by atoms with Crippen LogP contribution in [-0.4, -0.2) is 22.1 Å². The van der Waals surface area contributed by atoms with E-state index in [0.717, 1.165) is 5.56 Å². The largest absolute Gasteiger partial charge is 0.506 e. The quantitative estimate of drug-likeness (QED) is 0.583. The van der Waals surface area contributed by atoms with Crippen LogP contribution in [0.15, 0.2) is 30.4 Å². The highest BCUT2D eigenvalue weighted by Gasteiger charge is 2.34. The summed E-state index contributed by atoms with van der Waals surface area (Å²) in [6.45, 7) is 1.83. The molecule has 0 radical (unpaired) electrons. The highest BCUT2D eigenvalue weighted by atomic mass is 16.4. The smallest absolute Gasteiger partial charge is 0.307 e. The summed E-state index contributed by atoms with van der Waals surface area (Å²) in [5.74, 6) is -2.69. The van der Waals surface area contributed by atoms with Crippen molar-refractivity contribution in [3.8, 4) is 5.75 Å². The Balaban J connectivity index is 2.14. The number of aromatic hydroxyl groups is 1. The molecule has 3 N–H and O–H groups in total. The van der Waals surface area contributed by atoms with Crippen molar-refractivity contribution in [2.24, 2.45) is 11.8 Å². The zero-order chi connectivity index (χ0) is 14.7. The number of carboxylic acids is 1. The van der Waals surface area contributed by atoms with E-state index in [9.17, 15) is 14.7 Å². The fourth-order valence-electron chi connectivity index (χ4n) is 2.35. The summed E-state index contributed by atoms with van der Waals surface area (Å²) >= 11 is 0. The normalized spacial score (nSPS) is 21.4. The highest BCUT2D eigenvalue weighted by Crippen LogP contribution is 2.29. The number of allylic oxidation sites excluding steroid dienone is 2. The molecule has 106 valence electrons. The van der Waals surface area contributed by atoms with Gasteiger partial charge in [0.1, 0.15) is 5.75 Å². The fraction of sp³-hybridized carbons (Fsp3) is 0.333. The lowest BCUT2D eigenvalue weighted by Gasteiger charge is -2.24. The molecule has 2 rings (SSSR count). The van der Waals surface area contributed by atoms with E-state index >= 15 is 0 Å². The second-order valence-corrected chi connectivity index (χ2v) is 5.00. The van der Waals surface area contributed by atoms with Crippen LogP contribution in [0, 0.1) is 18.8 Å². The number of phenols is 1. The van der Waals surface area contributed by atoms with E-state index in [0.29, 0.717) is 18.5 Å². The Bertz CT molecular complexity index is 565. The minimum Gasteiger partial charge on any atom is -0.506 e. The molecule has 5 nitrogen and oxygen atoms in total. The molecule has 1 aromatic carbocycles. The first-order valence-electron chi connectivity index (χ1n) is 6.47. The van der Waals surface area contributed by atoms with E-state index in [-0.39, 0.29) is 11.7 Å². The van der Waals surface area contributed by atoms with E-state index in [1.54, 1.807) is 24.3 Å². The monoisotopic (exact) mass is 275 g/mol. The van der Waals surface area contributed by atoms with E-state index in [2.05, 4.69) is 5.32 Å². The first kappa shape index (κ1) is 14.1. The van der Waals surface area contributed by atoms with Gasteiger partial charge in [0, 0.05) is 0 Å². The van der Waals surface area contributed by atoms with Crippen LogP contribution in [0.25, 0.3) is 0 Å². The molecule has 0 heterocycles. The van der Waals surface area contributed by atoms with Gasteiger partial charge in [-0.25, -0.2) is 0 Å². The van der Waals surface area contributed by atoms with Crippen LogP contribution in [0.4, 0.5) is 5.69 Å². The van der Waals surface area contributed by atoms with Crippen LogP contribution in [0.5, 0.6) is 5.75 Å². The third kappa shape index (κ3) is 2.99. The molecular weight excluding hydrogens is 258 g/mol. The number of carboxylic acid groups (broad SMARTS) is 1. The zero-order valence-corrected chi connectivity index (χ0v) is 11.2. The number of aliphatic carboxylic acids is 1. The van der Waals surface area contributed by atoms with E-state index in [1.807, 2.05) is 13.0 Å². The predicted octanol–water partition coefficient (Wildman–Crippen LogP) is 2.31. The number of rotatable bonds is 3. The van der Waals surface area contributed by atoms with Crippen molar-refractivity contribution in [1.82, 2.24) is 0 Å². The highest BCUT2D eigenvalue weighted by molar-refractivity contribution is 5.96. The number of aryl methyl sites for hydroxylation is 1. The first-order chi connectivity index (χ1) is 9.49. The molecule has 20 heavy (non-hydrogen) atoms.